The van der Waals surface area contributed by atoms with Gasteiger partial charge in [0.2, 0.25) is 15.9 Å². The molecule has 3 heterocycles. The molecule has 0 radical (unpaired) electrons. The van der Waals surface area contributed by atoms with Gasteiger partial charge in [-0.2, -0.15) is 0 Å². The molecule has 3 saturated heterocycles. The molecule has 14 N–H and O–H groups in total. The lowest BCUT2D eigenvalue weighted by Gasteiger charge is -2.50. The van der Waals surface area contributed by atoms with Crippen LogP contribution in [0, 0.1) is 0 Å². The van der Waals surface area contributed by atoms with Crippen LogP contribution in [0.3, 0.4) is 0 Å². The van der Waals surface area contributed by atoms with Crippen molar-refractivity contribution in [1.29, 1.82) is 0 Å². The quantitative estimate of drug-likeness (QED) is 0.0252. The molecule has 0 aromatic heterocycles. The standard InChI is InChI=1S/C45H69N5O22S/c1-22(49-67-21-33(57)46-14-6-5-7-15-47-73(65,66)32-13-9-10-24-25(32)11-8-12-26(24)50(3)4)16-29-36(59)38(61)40(31(20-53)68-29)70-43-39(62)42(37(60)30(19-52)69-43)72-45(44(63)64)17-27(55)34(48-23(2)54)41(71-45)35(58)28(56)18-51/h8-13,27-31,34-43,47,51-53,55-56,58-62H,5-7,14-21H2,1-4H3,(H,46,57)(H,48,54)(H,63,64)/b49-22+/t27-,28+,29-,30+,31+,34+,35+,36-,37-,38+,39+,40+,41+,42-,43-,45-/m0/s1. The molecule has 3 fully saturated rings. The van der Waals surface area contributed by atoms with E-state index in [-0.39, 0.29) is 30.1 Å². The van der Waals surface area contributed by atoms with Gasteiger partial charge in [-0.05, 0) is 31.9 Å². The van der Waals surface area contributed by atoms with Crippen molar-refractivity contribution in [1.82, 2.24) is 15.4 Å². The normalized spacial score (nSPS) is 31.9. The minimum absolute atomic E-state index is 0.179. The molecule has 3 aliphatic heterocycles. The van der Waals surface area contributed by atoms with E-state index in [1.54, 1.807) is 24.3 Å². The van der Waals surface area contributed by atoms with E-state index in [0.717, 1.165) is 18.0 Å². The average Bonchev–Trinajstić information content (AvgIpc) is 3.34. The van der Waals surface area contributed by atoms with Crippen LogP contribution in [-0.4, -0.2) is 239 Å². The van der Waals surface area contributed by atoms with Crippen molar-refractivity contribution in [2.75, 3.05) is 58.5 Å². The minimum atomic E-state index is -3.80. The first kappa shape index (κ1) is 59.6. The van der Waals surface area contributed by atoms with E-state index < -0.39 is 158 Å². The van der Waals surface area contributed by atoms with Gasteiger partial charge in [0.25, 0.3) is 11.7 Å². The number of amides is 2. The van der Waals surface area contributed by atoms with Crippen molar-refractivity contribution < 1.29 is 107 Å². The third kappa shape index (κ3) is 14.5. The molecule has 2 amide bonds. The van der Waals surface area contributed by atoms with E-state index in [1.807, 2.05) is 31.1 Å². The molecule has 28 heteroatoms. The fourth-order valence-corrected chi connectivity index (χ4v) is 10.1. The lowest BCUT2D eigenvalue weighted by molar-refractivity contribution is -0.381. The summed E-state index contributed by atoms with van der Waals surface area (Å²) in [6.45, 7) is -0.479. The van der Waals surface area contributed by atoms with E-state index in [4.69, 9.17) is 28.5 Å². The zero-order valence-corrected chi connectivity index (χ0v) is 41.4. The molecule has 3 aliphatic rings. The summed E-state index contributed by atoms with van der Waals surface area (Å²) < 4.78 is 57.4. The Morgan fingerprint density at radius 1 is 0.849 bits per heavy atom. The average molecular weight is 1060 g/mol. The molecule has 0 bridgehead atoms. The topological polar surface area (TPSA) is 415 Å². The number of hydrogen-bond donors (Lipinski definition) is 14. The fraction of sp³-hybridized carbons (Fsp3) is 0.689. The van der Waals surface area contributed by atoms with E-state index >= 15 is 0 Å². The van der Waals surface area contributed by atoms with E-state index in [0.29, 0.717) is 24.6 Å². The second kappa shape index (κ2) is 26.4. The van der Waals surface area contributed by atoms with Crippen LogP contribution in [-0.2, 0) is 52.9 Å². The van der Waals surface area contributed by atoms with Crippen molar-refractivity contribution in [2.24, 2.45) is 5.16 Å². The van der Waals surface area contributed by atoms with Gasteiger partial charge in [0.1, 0.15) is 67.1 Å². The minimum Gasteiger partial charge on any atom is -0.477 e. The van der Waals surface area contributed by atoms with E-state index in [1.165, 1.54) is 6.92 Å². The van der Waals surface area contributed by atoms with Crippen molar-refractivity contribution in [3.8, 4) is 0 Å². The summed E-state index contributed by atoms with van der Waals surface area (Å²) in [6, 6.07) is 9.03. The molecule has 5 rings (SSSR count). The molecule has 0 unspecified atom stereocenters. The van der Waals surface area contributed by atoms with Crippen molar-refractivity contribution in [3.05, 3.63) is 36.4 Å². The second-order valence-electron chi connectivity index (χ2n) is 18.3. The highest BCUT2D eigenvalue weighted by molar-refractivity contribution is 7.89. The number of aliphatic hydroxyl groups excluding tert-OH is 10. The number of nitrogens with one attached hydrogen (secondary N) is 3. The number of carboxylic acids is 1. The summed E-state index contributed by atoms with van der Waals surface area (Å²) in [5, 5.41) is 127. The van der Waals surface area contributed by atoms with Gasteiger partial charge >= 0.3 is 5.97 Å². The number of carbonyl (C=O) groups is 3. The highest BCUT2D eigenvalue weighted by Gasteiger charge is 2.60. The van der Waals surface area contributed by atoms with Crippen molar-refractivity contribution >= 4 is 50.0 Å². The summed E-state index contributed by atoms with van der Waals surface area (Å²) in [6.07, 6.45) is -26.0. The van der Waals surface area contributed by atoms with Crippen LogP contribution in [0.25, 0.3) is 10.8 Å². The second-order valence-corrected chi connectivity index (χ2v) is 20.0. The molecule has 2 aromatic rings. The first-order chi connectivity index (χ1) is 34.5. The maximum atomic E-state index is 13.2. The molecular formula is C45H69N5O22S. The smallest absolute Gasteiger partial charge is 0.364 e. The summed E-state index contributed by atoms with van der Waals surface area (Å²) in [5.41, 5.74) is 1.07. The van der Waals surface area contributed by atoms with Gasteiger partial charge < -0.3 is 100 Å². The number of benzene rings is 2. The Morgan fingerprint density at radius 2 is 1.52 bits per heavy atom. The molecule has 2 aromatic carbocycles. The van der Waals surface area contributed by atoms with E-state index in [9.17, 15) is 79.0 Å². The number of fused-ring (bicyclic) bond motifs is 1. The van der Waals surface area contributed by atoms with Gasteiger partial charge in [0.15, 0.2) is 12.9 Å². The van der Waals surface area contributed by atoms with Gasteiger partial charge in [0.05, 0.1) is 48.7 Å². The van der Waals surface area contributed by atoms with Crippen LogP contribution in [0.2, 0.25) is 0 Å². The van der Waals surface area contributed by atoms with Gasteiger partial charge in [0, 0.05) is 63.4 Å². The lowest BCUT2D eigenvalue weighted by atomic mass is 9.88. The molecule has 73 heavy (non-hydrogen) atoms. The van der Waals surface area contributed by atoms with Crippen LogP contribution in [0.15, 0.2) is 46.4 Å². The van der Waals surface area contributed by atoms with Gasteiger partial charge in [-0.25, -0.2) is 17.9 Å². The Bertz CT molecular complexity index is 2300. The van der Waals surface area contributed by atoms with Crippen LogP contribution in [0.1, 0.15) is 46.0 Å². The van der Waals surface area contributed by atoms with Crippen LogP contribution < -0.4 is 20.3 Å². The number of anilines is 1. The molecule has 0 spiro atoms. The third-order valence-electron chi connectivity index (χ3n) is 12.6. The number of oxime groups is 1. The summed E-state index contributed by atoms with van der Waals surface area (Å²) >= 11 is 0. The first-order valence-electron chi connectivity index (χ1n) is 23.5. The number of nitrogens with zero attached hydrogens (tertiary/aromatic N) is 2. The number of ether oxygens (including phenoxy) is 5. The largest absolute Gasteiger partial charge is 0.477 e. The molecule has 27 nitrogen and oxygen atoms in total. The van der Waals surface area contributed by atoms with Gasteiger partial charge in [-0.3, -0.25) is 9.59 Å². The van der Waals surface area contributed by atoms with Gasteiger partial charge in [-0.1, -0.05) is 35.8 Å². The molecule has 412 valence electrons. The number of rotatable bonds is 25. The highest BCUT2D eigenvalue weighted by Crippen LogP contribution is 2.39. The van der Waals surface area contributed by atoms with Crippen molar-refractivity contribution in [3.63, 3.8) is 0 Å². The molecule has 16 atom stereocenters. The van der Waals surface area contributed by atoms with Crippen LogP contribution >= 0.6 is 0 Å². The number of unbranched alkanes of at least 4 members (excludes halogenated alkanes) is 2. The monoisotopic (exact) mass is 1060 g/mol. The maximum absolute atomic E-state index is 13.2. The van der Waals surface area contributed by atoms with Crippen molar-refractivity contribution in [2.45, 2.75) is 148 Å². The molecular weight excluding hydrogens is 995 g/mol. The summed E-state index contributed by atoms with van der Waals surface area (Å²) in [7, 11) is -0.0370. The van der Waals surface area contributed by atoms with Crippen LogP contribution in [0.5, 0.6) is 0 Å². The maximum Gasteiger partial charge on any atom is 0.364 e. The Balaban J connectivity index is 1.11. The van der Waals surface area contributed by atoms with Gasteiger partial charge in [-0.15, -0.1) is 0 Å². The zero-order chi connectivity index (χ0) is 53.9. The number of sulfonamides is 1. The number of carboxylic acid groups (broad SMARTS) is 1. The summed E-state index contributed by atoms with van der Waals surface area (Å²) in [4.78, 5) is 44.5. The Kier molecular flexibility index (Phi) is 21.6. The third-order valence-corrected chi connectivity index (χ3v) is 14.1. The predicted molar refractivity (Wildman–Crippen MR) is 252 cm³/mol. The lowest BCUT2D eigenvalue weighted by Crippen LogP contribution is -2.70. The SMILES string of the molecule is CC(=O)N[C@H]1[C@H]([C@H](O)[C@H](O)CO)O[C@@](O[C@H]2[C@@H](O)[C@@H](CO)O[C@@H](O[C@H]3[C@H](O)[C@@H](O)[C@H](C/C(C)=N/OCC(=O)NCCCCCNS(=O)(=O)c4cccc5c(N(C)C)cccc45)O[C@@H]3CO)[C@@H]2O)(C(=O)O)C[C@@H]1O. The number of aliphatic carboxylic acids is 1. The number of hydrogen-bond acceptors (Lipinski definition) is 23. The van der Waals surface area contributed by atoms with Crippen LogP contribution in [0.4, 0.5) is 5.69 Å². The Hall–Kier alpha value is -4.31. The fourth-order valence-electron chi connectivity index (χ4n) is 8.84. The number of carbonyl (C=O) groups excluding carboxylic acids is 2. The Labute approximate surface area is 420 Å². The van der Waals surface area contributed by atoms with E-state index in [2.05, 4.69) is 20.5 Å². The zero-order valence-electron chi connectivity index (χ0n) is 40.6. The number of aliphatic hydroxyl groups is 10. The molecule has 0 saturated carbocycles. The first-order valence-corrected chi connectivity index (χ1v) is 25.0. The summed E-state index contributed by atoms with van der Waals surface area (Å²) in [5.74, 6) is -6.35. The Morgan fingerprint density at radius 3 is 2.16 bits per heavy atom. The predicted octanol–water partition coefficient (Wildman–Crippen LogP) is -4.91. The molecule has 0 aliphatic carbocycles. The highest BCUT2D eigenvalue weighted by atomic mass is 32.2.